The molecular formula is C17H26N2. The van der Waals surface area contributed by atoms with Crippen molar-refractivity contribution in [3.8, 4) is 6.07 Å². The van der Waals surface area contributed by atoms with Crippen LogP contribution >= 0.6 is 0 Å². The number of pyridine rings is 1. The van der Waals surface area contributed by atoms with Crippen LogP contribution in [0.4, 0.5) is 0 Å². The predicted molar refractivity (Wildman–Crippen MR) is 79.9 cm³/mol. The highest BCUT2D eigenvalue weighted by Crippen LogP contribution is 2.11. The van der Waals surface area contributed by atoms with E-state index in [1.807, 2.05) is 24.4 Å². The summed E-state index contributed by atoms with van der Waals surface area (Å²) in [6.07, 6.45) is 15.2. The van der Waals surface area contributed by atoms with Gasteiger partial charge in [-0.25, -0.2) is 4.98 Å². The Labute approximate surface area is 117 Å². The Kier molecular flexibility index (Phi) is 8.72. The average Bonchev–Trinajstić information content (AvgIpc) is 2.46. The highest BCUT2D eigenvalue weighted by atomic mass is 14.7. The Hall–Kier alpha value is -1.36. The van der Waals surface area contributed by atoms with E-state index in [1.54, 1.807) is 0 Å². The van der Waals surface area contributed by atoms with Crippen LogP contribution in [0.1, 0.15) is 76.0 Å². The van der Waals surface area contributed by atoms with Gasteiger partial charge in [-0.2, -0.15) is 5.26 Å². The fraction of sp³-hybridized carbons (Fsp3) is 0.647. The minimum Gasteiger partial charge on any atom is -0.245 e. The van der Waals surface area contributed by atoms with Crippen LogP contribution in [0.5, 0.6) is 0 Å². The first-order valence-electron chi connectivity index (χ1n) is 7.72. The first-order valence-corrected chi connectivity index (χ1v) is 7.72. The Morgan fingerprint density at radius 2 is 1.58 bits per heavy atom. The number of nitriles is 1. The zero-order chi connectivity index (χ0) is 13.8. The van der Waals surface area contributed by atoms with Crippen LogP contribution in [0.2, 0.25) is 0 Å². The highest BCUT2D eigenvalue weighted by Gasteiger charge is 1.96. The molecule has 0 radical (unpaired) electrons. The smallest absolute Gasteiger partial charge is 0.140 e. The monoisotopic (exact) mass is 258 g/mol. The van der Waals surface area contributed by atoms with Gasteiger partial charge in [-0.15, -0.1) is 0 Å². The fourth-order valence-corrected chi connectivity index (χ4v) is 2.28. The Morgan fingerprint density at radius 3 is 2.11 bits per heavy atom. The van der Waals surface area contributed by atoms with E-state index in [0.29, 0.717) is 5.69 Å². The second-order valence-electron chi connectivity index (χ2n) is 5.24. The van der Waals surface area contributed by atoms with Gasteiger partial charge in [-0.05, 0) is 24.5 Å². The topological polar surface area (TPSA) is 36.7 Å². The van der Waals surface area contributed by atoms with Crippen molar-refractivity contribution in [3.63, 3.8) is 0 Å². The molecule has 0 bridgehead atoms. The highest BCUT2D eigenvalue weighted by molar-refractivity contribution is 5.23. The lowest BCUT2D eigenvalue weighted by Gasteiger charge is -2.02. The minimum atomic E-state index is 0.510. The lowest BCUT2D eigenvalue weighted by atomic mass is 10.0. The zero-order valence-corrected chi connectivity index (χ0v) is 12.2. The molecule has 0 aliphatic carbocycles. The molecule has 0 aliphatic rings. The quantitative estimate of drug-likeness (QED) is 0.552. The van der Waals surface area contributed by atoms with Gasteiger partial charge in [-0.3, -0.25) is 0 Å². The summed E-state index contributed by atoms with van der Waals surface area (Å²) in [5.74, 6) is 0. The summed E-state index contributed by atoms with van der Waals surface area (Å²) in [7, 11) is 0. The third-order valence-corrected chi connectivity index (χ3v) is 3.51. The van der Waals surface area contributed by atoms with Crippen LogP contribution in [0.15, 0.2) is 18.3 Å². The minimum absolute atomic E-state index is 0.510. The van der Waals surface area contributed by atoms with Gasteiger partial charge >= 0.3 is 0 Å². The molecular weight excluding hydrogens is 232 g/mol. The third kappa shape index (κ3) is 7.62. The molecule has 0 aliphatic heterocycles. The van der Waals surface area contributed by atoms with Crippen molar-refractivity contribution in [1.82, 2.24) is 4.98 Å². The van der Waals surface area contributed by atoms with Gasteiger partial charge in [0.05, 0.1) is 0 Å². The van der Waals surface area contributed by atoms with Crippen molar-refractivity contribution >= 4 is 0 Å². The van der Waals surface area contributed by atoms with Gasteiger partial charge in [0.1, 0.15) is 11.8 Å². The molecule has 1 aromatic rings. The van der Waals surface area contributed by atoms with Gasteiger partial charge in [0.15, 0.2) is 0 Å². The molecule has 0 unspecified atom stereocenters. The molecule has 2 heteroatoms. The van der Waals surface area contributed by atoms with E-state index >= 15 is 0 Å². The first kappa shape index (κ1) is 15.7. The van der Waals surface area contributed by atoms with Gasteiger partial charge < -0.3 is 0 Å². The van der Waals surface area contributed by atoms with Crippen LogP contribution in [0, 0.1) is 11.3 Å². The zero-order valence-electron chi connectivity index (χ0n) is 12.2. The summed E-state index contributed by atoms with van der Waals surface area (Å²) in [6.45, 7) is 2.26. The summed E-state index contributed by atoms with van der Waals surface area (Å²) in [6, 6.07) is 5.88. The molecule has 0 aromatic carbocycles. The fourth-order valence-electron chi connectivity index (χ4n) is 2.28. The lowest BCUT2D eigenvalue weighted by molar-refractivity contribution is 0.564. The van der Waals surface area contributed by atoms with Gasteiger partial charge in [-0.1, -0.05) is 64.4 Å². The van der Waals surface area contributed by atoms with E-state index in [0.717, 1.165) is 6.42 Å². The maximum atomic E-state index is 8.67. The largest absolute Gasteiger partial charge is 0.245 e. The van der Waals surface area contributed by atoms with E-state index in [2.05, 4.69) is 11.9 Å². The number of hydrogen-bond acceptors (Lipinski definition) is 2. The Balaban J connectivity index is 1.97. The number of rotatable bonds is 10. The number of aryl methyl sites for hydroxylation is 1. The van der Waals surface area contributed by atoms with E-state index in [9.17, 15) is 0 Å². The molecule has 1 rings (SSSR count). The normalized spacial score (nSPS) is 10.3. The van der Waals surface area contributed by atoms with Crippen molar-refractivity contribution < 1.29 is 0 Å². The average molecular weight is 258 g/mol. The van der Waals surface area contributed by atoms with Crippen molar-refractivity contribution in [3.05, 3.63) is 29.6 Å². The van der Waals surface area contributed by atoms with Gasteiger partial charge in [0, 0.05) is 6.20 Å². The van der Waals surface area contributed by atoms with Crippen molar-refractivity contribution in [1.29, 1.82) is 5.26 Å². The van der Waals surface area contributed by atoms with Gasteiger partial charge in [0.2, 0.25) is 0 Å². The Bertz CT molecular complexity index is 362. The molecule has 0 N–H and O–H groups in total. The number of aromatic nitrogens is 1. The van der Waals surface area contributed by atoms with Crippen LogP contribution < -0.4 is 0 Å². The molecule has 0 amide bonds. The van der Waals surface area contributed by atoms with Crippen molar-refractivity contribution in [2.45, 2.75) is 71.1 Å². The second kappa shape index (κ2) is 10.6. The first-order chi connectivity index (χ1) is 9.36. The SMILES string of the molecule is CCCCCCCCCCCc1ccc(C#N)nc1. The van der Waals surface area contributed by atoms with Crippen LogP contribution in [-0.2, 0) is 6.42 Å². The summed E-state index contributed by atoms with van der Waals surface area (Å²) < 4.78 is 0. The lowest BCUT2D eigenvalue weighted by Crippen LogP contribution is -1.89. The molecule has 0 atom stereocenters. The molecule has 2 nitrogen and oxygen atoms in total. The maximum Gasteiger partial charge on any atom is 0.140 e. The molecule has 1 aromatic heterocycles. The van der Waals surface area contributed by atoms with E-state index in [-0.39, 0.29) is 0 Å². The van der Waals surface area contributed by atoms with Crippen molar-refractivity contribution in [2.75, 3.05) is 0 Å². The molecule has 104 valence electrons. The molecule has 0 saturated carbocycles. The second-order valence-corrected chi connectivity index (χ2v) is 5.24. The predicted octanol–water partition coefficient (Wildman–Crippen LogP) is 5.03. The maximum absolute atomic E-state index is 8.67. The van der Waals surface area contributed by atoms with E-state index < -0.39 is 0 Å². The molecule has 19 heavy (non-hydrogen) atoms. The molecule has 0 spiro atoms. The van der Waals surface area contributed by atoms with Crippen LogP contribution in [-0.4, -0.2) is 4.98 Å². The summed E-state index contributed by atoms with van der Waals surface area (Å²) in [4.78, 5) is 4.09. The number of nitrogens with zero attached hydrogens (tertiary/aromatic N) is 2. The van der Waals surface area contributed by atoms with Crippen LogP contribution in [0.25, 0.3) is 0 Å². The molecule has 0 saturated heterocycles. The summed E-state index contributed by atoms with van der Waals surface area (Å²) >= 11 is 0. The van der Waals surface area contributed by atoms with Crippen molar-refractivity contribution in [2.24, 2.45) is 0 Å². The Morgan fingerprint density at radius 1 is 0.947 bits per heavy atom. The van der Waals surface area contributed by atoms with Gasteiger partial charge in [0.25, 0.3) is 0 Å². The summed E-state index contributed by atoms with van der Waals surface area (Å²) in [5, 5.41) is 8.67. The third-order valence-electron chi connectivity index (χ3n) is 3.51. The molecule has 1 heterocycles. The number of hydrogen-bond donors (Lipinski definition) is 0. The van der Waals surface area contributed by atoms with E-state index in [1.165, 1.54) is 63.4 Å². The van der Waals surface area contributed by atoms with Crippen LogP contribution in [0.3, 0.4) is 0 Å². The molecule has 0 fully saturated rings. The number of unbranched alkanes of at least 4 members (excludes halogenated alkanes) is 8. The summed E-state index contributed by atoms with van der Waals surface area (Å²) in [5.41, 5.74) is 1.76. The van der Waals surface area contributed by atoms with E-state index in [4.69, 9.17) is 5.26 Å². The standard InChI is InChI=1S/C17H26N2/c1-2-3-4-5-6-7-8-9-10-11-16-12-13-17(14-18)19-15-16/h12-13,15H,2-11H2,1H3.